The number of nitriles is 2. The minimum atomic E-state index is -4.42. The number of alkyl halides is 3. The van der Waals surface area contributed by atoms with Crippen LogP contribution in [0.1, 0.15) is 24.0 Å². The average molecular weight is 280 g/mol. The smallest absolute Gasteiger partial charge is 0.303 e. The van der Waals surface area contributed by atoms with E-state index in [-0.39, 0.29) is 19.3 Å². The third-order valence-corrected chi connectivity index (χ3v) is 2.90. The van der Waals surface area contributed by atoms with E-state index in [1.807, 2.05) is 12.1 Å². The van der Waals surface area contributed by atoms with Gasteiger partial charge in [0.2, 0.25) is 0 Å². The molecule has 0 spiro atoms. The Labute approximate surface area is 114 Å². The van der Waals surface area contributed by atoms with Crippen LogP contribution in [0.4, 0.5) is 13.2 Å². The third-order valence-electron chi connectivity index (χ3n) is 2.90. The van der Waals surface area contributed by atoms with Crippen molar-refractivity contribution < 1.29 is 18.0 Å². The molecule has 0 amide bonds. The molecule has 1 rings (SSSR count). The number of rotatable bonds is 5. The van der Waals surface area contributed by atoms with Gasteiger partial charge in [0, 0.05) is 12.8 Å². The van der Waals surface area contributed by atoms with E-state index in [2.05, 4.69) is 0 Å². The summed E-state index contributed by atoms with van der Waals surface area (Å²) in [5.41, 5.74) is -1.72. The fraction of sp³-hybridized carbons (Fsp3) is 0.357. The molecule has 0 saturated carbocycles. The molecule has 0 aliphatic heterocycles. The van der Waals surface area contributed by atoms with E-state index in [0.717, 1.165) is 12.1 Å². The van der Waals surface area contributed by atoms with Crippen LogP contribution in [0.2, 0.25) is 0 Å². The van der Waals surface area contributed by atoms with Gasteiger partial charge < -0.3 is 4.79 Å². The number of benzene rings is 1. The van der Waals surface area contributed by atoms with Crippen LogP contribution >= 0.6 is 0 Å². The number of halogens is 3. The first-order valence-electron chi connectivity index (χ1n) is 5.79. The summed E-state index contributed by atoms with van der Waals surface area (Å²) >= 11 is 0. The Morgan fingerprint density at radius 1 is 1.10 bits per heavy atom. The molecular formula is C14H11F3N2O. The molecule has 0 aromatic heterocycles. The molecule has 0 fully saturated rings. The number of aldehydes is 1. The van der Waals surface area contributed by atoms with Gasteiger partial charge in [0.25, 0.3) is 0 Å². The standard InChI is InChI=1S/C14H11F3N2O/c15-14(16,17)12-4-2-11(3-5-12)8-13(9-18,10-19)6-1-7-20/h2-5,7H,1,6,8H2. The molecule has 1 aromatic carbocycles. The summed E-state index contributed by atoms with van der Waals surface area (Å²) in [6.45, 7) is 0. The summed E-state index contributed by atoms with van der Waals surface area (Å²) in [5, 5.41) is 18.2. The Bertz CT molecular complexity index is 536. The predicted molar refractivity (Wildman–Crippen MR) is 64.1 cm³/mol. The van der Waals surface area contributed by atoms with E-state index < -0.39 is 17.2 Å². The molecule has 0 aliphatic carbocycles. The Kier molecular flexibility index (Phi) is 4.88. The van der Waals surface area contributed by atoms with Crippen molar-refractivity contribution in [2.45, 2.75) is 25.4 Å². The molecule has 104 valence electrons. The molecule has 0 radical (unpaired) electrons. The quantitative estimate of drug-likeness (QED) is 0.777. The van der Waals surface area contributed by atoms with Crippen LogP contribution in [0.25, 0.3) is 0 Å². The van der Waals surface area contributed by atoms with Gasteiger partial charge in [-0.05, 0) is 24.1 Å². The number of hydrogen-bond acceptors (Lipinski definition) is 3. The van der Waals surface area contributed by atoms with E-state index in [1.165, 1.54) is 12.1 Å². The zero-order valence-corrected chi connectivity index (χ0v) is 10.4. The zero-order chi connectivity index (χ0) is 15.2. The van der Waals surface area contributed by atoms with Gasteiger partial charge in [0.1, 0.15) is 11.7 Å². The highest BCUT2D eigenvalue weighted by Crippen LogP contribution is 2.31. The molecular weight excluding hydrogens is 269 g/mol. The van der Waals surface area contributed by atoms with Gasteiger partial charge in [0.05, 0.1) is 17.7 Å². The normalized spacial score (nSPS) is 11.4. The first-order chi connectivity index (χ1) is 9.37. The maximum Gasteiger partial charge on any atom is 0.416 e. The van der Waals surface area contributed by atoms with E-state index in [0.29, 0.717) is 11.8 Å². The first kappa shape index (κ1) is 15.7. The van der Waals surface area contributed by atoms with Crippen LogP contribution in [0.5, 0.6) is 0 Å². The molecule has 0 N–H and O–H groups in total. The van der Waals surface area contributed by atoms with Crippen molar-refractivity contribution in [3.05, 3.63) is 35.4 Å². The highest BCUT2D eigenvalue weighted by atomic mass is 19.4. The number of carbonyl (C=O) groups excluding carboxylic acids is 1. The molecule has 0 heterocycles. The van der Waals surface area contributed by atoms with Crippen molar-refractivity contribution in [1.82, 2.24) is 0 Å². The molecule has 0 aliphatic rings. The number of carbonyl (C=O) groups is 1. The van der Waals surface area contributed by atoms with Crippen molar-refractivity contribution in [1.29, 1.82) is 10.5 Å². The van der Waals surface area contributed by atoms with Gasteiger partial charge in [-0.1, -0.05) is 12.1 Å². The zero-order valence-electron chi connectivity index (χ0n) is 10.4. The number of hydrogen-bond donors (Lipinski definition) is 0. The van der Waals surface area contributed by atoms with Crippen LogP contribution in [0.3, 0.4) is 0 Å². The predicted octanol–water partition coefficient (Wildman–Crippen LogP) is 3.26. The van der Waals surface area contributed by atoms with Gasteiger partial charge >= 0.3 is 6.18 Å². The Morgan fingerprint density at radius 3 is 2.05 bits per heavy atom. The molecule has 1 aromatic rings. The summed E-state index contributed by atoms with van der Waals surface area (Å²) in [6, 6.07) is 8.01. The van der Waals surface area contributed by atoms with Crippen LogP contribution in [0, 0.1) is 28.1 Å². The lowest BCUT2D eigenvalue weighted by Gasteiger charge is -2.17. The van der Waals surface area contributed by atoms with Crippen molar-refractivity contribution in [2.75, 3.05) is 0 Å². The highest BCUT2D eigenvalue weighted by Gasteiger charge is 2.32. The first-order valence-corrected chi connectivity index (χ1v) is 5.79. The van der Waals surface area contributed by atoms with Gasteiger partial charge in [-0.2, -0.15) is 23.7 Å². The summed E-state index contributed by atoms with van der Waals surface area (Å²) in [4.78, 5) is 10.3. The fourth-order valence-corrected chi connectivity index (χ4v) is 1.77. The van der Waals surface area contributed by atoms with Crippen molar-refractivity contribution in [2.24, 2.45) is 5.41 Å². The van der Waals surface area contributed by atoms with E-state index in [4.69, 9.17) is 10.5 Å². The highest BCUT2D eigenvalue weighted by molar-refractivity contribution is 5.49. The van der Waals surface area contributed by atoms with Gasteiger partial charge in [0.15, 0.2) is 0 Å². The van der Waals surface area contributed by atoms with Crippen LogP contribution < -0.4 is 0 Å². The van der Waals surface area contributed by atoms with E-state index in [9.17, 15) is 18.0 Å². The second-order valence-electron chi connectivity index (χ2n) is 4.38. The van der Waals surface area contributed by atoms with Crippen LogP contribution in [0.15, 0.2) is 24.3 Å². The van der Waals surface area contributed by atoms with Crippen molar-refractivity contribution in [3.63, 3.8) is 0 Å². The van der Waals surface area contributed by atoms with E-state index >= 15 is 0 Å². The lowest BCUT2D eigenvalue weighted by Crippen LogP contribution is -2.20. The second kappa shape index (κ2) is 6.21. The second-order valence-corrected chi connectivity index (χ2v) is 4.38. The molecule has 0 bridgehead atoms. The van der Waals surface area contributed by atoms with E-state index in [1.54, 1.807) is 0 Å². The maximum absolute atomic E-state index is 12.4. The van der Waals surface area contributed by atoms with Crippen molar-refractivity contribution >= 4 is 6.29 Å². The minimum absolute atomic E-state index is 0.00796. The maximum atomic E-state index is 12.4. The largest absolute Gasteiger partial charge is 0.416 e. The average Bonchev–Trinajstić information content (AvgIpc) is 2.43. The summed E-state index contributed by atoms with van der Waals surface area (Å²) < 4.78 is 37.2. The lowest BCUT2D eigenvalue weighted by atomic mass is 9.80. The summed E-state index contributed by atoms with van der Waals surface area (Å²) in [6.07, 6.45) is -3.70. The van der Waals surface area contributed by atoms with Crippen LogP contribution in [-0.2, 0) is 17.4 Å². The Balaban J connectivity index is 2.94. The Hall–Kier alpha value is -2.34. The van der Waals surface area contributed by atoms with Gasteiger partial charge in [-0.25, -0.2) is 0 Å². The van der Waals surface area contributed by atoms with Crippen LogP contribution in [-0.4, -0.2) is 6.29 Å². The molecule has 0 saturated heterocycles. The SMILES string of the molecule is N#CC(C#N)(CCC=O)Cc1ccc(C(F)(F)F)cc1. The van der Waals surface area contributed by atoms with Crippen molar-refractivity contribution in [3.8, 4) is 12.1 Å². The molecule has 20 heavy (non-hydrogen) atoms. The monoisotopic (exact) mass is 280 g/mol. The molecule has 0 unspecified atom stereocenters. The molecule has 0 atom stereocenters. The topological polar surface area (TPSA) is 64.7 Å². The minimum Gasteiger partial charge on any atom is -0.303 e. The lowest BCUT2D eigenvalue weighted by molar-refractivity contribution is -0.137. The molecule has 6 heteroatoms. The number of nitrogens with zero attached hydrogens (tertiary/aromatic N) is 2. The Morgan fingerprint density at radius 2 is 1.65 bits per heavy atom. The van der Waals surface area contributed by atoms with Gasteiger partial charge in [-0.15, -0.1) is 0 Å². The molecule has 3 nitrogen and oxygen atoms in total. The van der Waals surface area contributed by atoms with Gasteiger partial charge in [-0.3, -0.25) is 0 Å². The third kappa shape index (κ3) is 3.83. The summed E-state index contributed by atoms with van der Waals surface area (Å²) in [5.74, 6) is 0. The summed E-state index contributed by atoms with van der Waals surface area (Å²) in [7, 11) is 0. The fourth-order valence-electron chi connectivity index (χ4n) is 1.77.